The van der Waals surface area contributed by atoms with Gasteiger partial charge in [-0.2, -0.15) is 0 Å². The summed E-state index contributed by atoms with van der Waals surface area (Å²) in [5, 5.41) is 21.0. The average Bonchev–Trinajstić information content (AvgIpc) is 3.08. The second-order valence-electron chi connectivity index (χ2n) is 10.9. The molecule has 0 aromatic rings. The number of hydrogen-bond acceptors (Lipinski definition) is 2. The van der Waals surface area contributed by atoms with Gasteiger partial charge in [0.15, 0.2) is 0 Å². The molecule has 0 radical (unpaired) electrons. The molecule has 4 aliphatic rings. The van der Waals surface area contributed by atoms with Gasteiger partial charge in [-0.05, 0) is 98.2 Å². The summed E-state index contributed by atoms with van der Waals surface area (Å²) < 4.78 is 0. The van der Waals surface area contributed by atoms with Crippen molar-refractivity contribution in [3.8, 4) is 0 Å². The highest BCUT2D eigenvalue weighted by Crippen LogP contribution is 2.67. The molecule has 0 aromatic heterocycles. The summed E-state index contributed by atoms with van der Waals surface area (Å²) in [6, 6.07) is 0. The Morgan fingerprint density at radius 2 is 2.00 bits per heavy atom. The van der Waals surface area contributed by atoms with Crippen LogP contribution in [0.4, 0.5) is 0 Å². The second-order valence-corrected chi connectivity index (χ2v) is 10.9. The van der Waals surface area contributed by atoms with Crippen molar-refractivity contribution < 1.29 is 10.2 Å². The van der Waals surface area contributed by atoms with Crippen LogP contribution in [0.3, 0.4) is 0 Å². The van der Waals surface area contributed by atoms with E-state index in [4.69, 9.17) is 0 Å². The van der Waals surface area contributed by atoms with Gasteiger partial charge >= 0.3 is 0 Å². The monoisotopic (exact) mass is 386 g/mol. The van der Waals surface area contributed by atoms with Crippen molar-refractivity contribution in [2.75, 3.05) is 0 Å². The summed E-state index contributed by atoms with van der Waals surface area (Å²) in [6.45, 7) is 11.3. The molecule has 4 unspecified atom stereocenters. The fraction of sp³-hybridized carbons (Fsp3) is 0.846. The van der Waals surface area contributed by atoms with E-state index in [1.807, 2.05) is 0 Å². The lowest BCUT2D eigenvalue weighted by Crippen LogP contribution is -2.51. The van der Waals surface area contributed by atoms with Gasteiger partial charge in [0, 0.05) is 0 Å². The maximum atomic E-state index is 10.8. The summed E-state index contributed by atoms with van der Waals surface area (Å²) >= 11 is 0. The molecule has 0 bridgehead atoms. The number of fused-ring (bicyclic) bond motifs is 5. The number of aliphatic hydroxyl groups is 2. The molecule has 0 aromatic carbocycles. The summed E-state index contributed by atoms with van der Waals surface area (Å²) in [5.41, 5.74) is 2.09. The summed E-state index contributed by atoms with van der Waals surface area (Å²) in [6.07, 6.45) is 15.9. The number of hydrogen-bond donors (Lipinski definition) is 2. The van der Waals surface area contributed by atoms with Crippen LogP contribution in [-0.2, 0) is 0 Å². The van der Waals surface area contributed by atoms with E-state index in [-0.39, 0.29) is 17.6 Å². The van der Waals surface area contributed by atoms with Crippen molar-refractivity contribution in [2.24, 2.45) is 40.4 Å². The molecule has 4 aliphatic carbocycles. The first-order valence-electron chi connectivity index (χ1n) is 12.1. The Morgan fingerprint density at radius 3 is 2.71 bits per heavy atom. The fourth-order valence-corrected chi connectivity index (χ4v) is 8.39. The molecule has 4 rings (SSSR count). The molecule has 2 heteroatoms. The summed E-state index contributed by atoms with van der Waals surface area (Å²) in [4.78, 5) is 0. The average molecular weight is 387 g/mol. The first kappa shape index (κ1) is 20.7. The zero-order valence-electron chi connectivity index (χ0n) is 18.4. The number of rotatable bonds is 5. The van der Waals surface area contributed by atoms with Gasteiger partial charge in [-0.1, -0.05) is 44.9 Å². The lowest BCUT2D eigenvalue weighted by Gasteiger charge is -2.58. The Bertz CT molecular complexity index is 624. The standard InChI is InChI=1S/C26H42O2/c1-5-7-24(28)17(3)21-10-11-23-20-9-8-18-16-19(27)12-14-25(18,4)22(20)13-15-26(21,23)6-2/h6,8,17,19-24,27-28H,2,5,7,9-16H2,1,3-4H3/t17-,19-,20?,21?,22?,23?,24+,25-,26+/m0/s1. The summed E-state index contributed by atoms with van der Waals surface area (Å²) in [5.74, 6) is 3.22. The quantitative estimate of drug-likeness (QED) is 0.578. The van der Waals surface area contributed by atoms with Crippen LogP contribution >= 0.6 is 0 Å². The molecule has 0 heterocycles. The normalized spacial score (nSPS) is 47.3. The number of allylic oxidation sites excluding steroid dienone is 2. The second kappa shape index (κ2) is 7.58. The number of aliphatic hydroxyl groups excluding tert-OH is 2. The molecule has 0 aliphatic heterocycles. The van der Waals surface area contributed by atoms with Gasteiger partial charge < -0.3 is 10.2 Å². The van der Waals surface area contributed by atoms with Crippen molar-refractivity contribution in [1.82, 2.24) is 0 Å². The van der Waals surface area contributed by atoms with Crippen molar-refractivity contribution in [1.29, 1.82) is 0 Å². The van der Waals surface area contributed by atoms with E-state index in [0.717, 1.165) is 49.9 Å². The predicted octanol–water partition coefficient (Wildman–Crippen LogP) is 5.89. The molecule has 0 spiro atoms. The summed E-state index contributed by atoms with van der Waals surface area (Å²) in [7, 11) is 0. The third-order valence-corrected chi connectivity index (χ3v) is 9.94. The van der Waals surface area contributed by atoms with E-state index in [0.29, 0.717) is 17.3 Å². The smallest absolute Gasteiger partial charge is 0.0577 e. The molecule has 9 atom stereocenters. The predicted molar refractivity (Wildman–Crippen MR) is 116 cm³/mol. The van der Waals surface area contributed by atoms with Crippen LogP contribution in [0, 0.1) is 40.4 Å². The molecule has 0 saturated heterocycles. The first-order valence-corrected chi connectivity index (χ1v) is 12.1. The SMILES string of the molecule is C=C[C@]12CCC3C(CC=C4C[C@@H](O)CC[C@@]43C)C1CCC2[C@H](C)[C@H](O)CCC. The van der Waals surface area contributed by atoms with Gasteiger partial charge in [0.25, 0.3) is 0 Å². The van der Waals surface area contributed by atoms with Crippen LogP contribution in [0.15, 0.2) is 24.3 Å². The Kier molecular flexibility index (Phi) is 5.59. The van der Waals surface area contributed by atoms with Crippen LogP contribution in [0.5, 0.6) is 0 Å². The first-order chi connectivity index (χ1) is 13.4. The zero-order valence-corrected chi connectivity index (χ0v) is 18.4. The highest BCUT2D eigenvalue weighted by Gasteiger charge is 2.60. The topological polar surface area (TPSA) is 40.5 Å². The van der Waals surface area contributed by atoms with Crippen LogP contribution in [0.1, 0.15) is 85.0 Å². The molecule has 2 N–H and O–H groups in total. The van der Waals surface area contributed by atoms with Gasteiger partial charge in [-0.3, -0.25) is 0 Å². The van der Waals surface area contributed by atoms with Crippen LogP contribution in [0.2, 0.25) is 0 Å². The molecule has 158 valence electrons. The van der Waals surface area contributed by atoms with Gasteiger partial charge in [0.05, 0.1) is 12.2 Å². The van der Waals surface area contributed by atoms with Gasteiger partial charge in [0.2, 0.25) is 0 Å². The van der Waals surface area contributed by atoms with E-state index >= 15 is 0 Å². The Balaban J connectivity index is 1.61. The van der Waals surface area contributed by atoms with Gasteiger partial charge in [-0.15, -0.1) is 6.58 Å². The third kappa shape index (κ3) is 2.97. The van der Waals surface area contributed by atoms with E-state index < -0.39 is 0 Å². The fourth-order valence-electron chi connectivity index (χ4n) is 8.39. The van der Waals surface area contributed by atoms with Crippen molar-refractivity contribution >= 4 is 0 Å². The van der Waals surface area contributed by atoms with Crippen LogP contribution < -0.4 is 0 Å². The van der Waals surface area contributed by atoms with Crippen molar-refractivity contribution in [2.45, 2.75) is 97.2 Å². The molecular weight excluding hydrogens is 344 g/mol. The molecule has 3 saturated carbocycles. The highest BCUT2D eigenvalue weighted by atomic mass is 16.3. The maximum Gasteiger partial charge on any atom is 0.0577 e. The Hall–Kier alpha value is -0.600. The lowest BCUT2D eigenvalue weighted by molar-refractivity contribution is -0.0539. The molecular formula is C26H42O2. The van der Waals surface area contributed by atoms with Crippen molar-refractivity contribution in [3.05, 3.63) is 24.3 Å². The van der Waals surface area contributed by atoms with Gasteiger partial charge in [-0.25, -0.2) is 0 Å². The van der Waals surface area contributed by atoms with E-state index in [2.05, 4.69) is 39.5 Å². The van der Waals surface area contributed by atoms with E-state index in [1.54, 1.807) is 5.57 Å². The Morgan fingerprint density at radius 1 is 1.21 bits per heavy atom. The van der Waals surface area contributed by atoms with E-state index in [9.17, 15) is 10.2 Å². The lowest BCUT2D eigenvalue weighted by atomic mass is 9.46. The van der Waals surface area contributed by atoms with Crippen molar-refractivity contribution in [3.63, 3.8) is 0 Å². The molecule has 3 fully saturated rings. The minimum atomic E-state index is -0.168. The van der Waals surface area contributed by atoms with Crippen LogP contribution in [0.25, 0.3) is 0 Å². The third-order valence-electron chi connectivity index (χ3n) is 9.94. The molecule has 0 amide bonds. The van der Waals surface area contributed by atoms with Crippen LogP contribution in [-0.4, -0.2) is 22.4 Å². The minimum absolute atomic E-state index is 0.122. The van der Waals surface area contributed by atoms with Gasteiger partial charge in [0.1, 0.15) is 0 Å². The Labute approximate surface area is 172 Å². The highest BCUT2D eigenvalue weighted by molar-refractivity contribution is 5.26. The molecule has 28 heavy (non-hydrogen) atoms. The van der Waals surface area contributed by atoms with E-state index in [1.165, 1.54) is 32.1 Å². The zero-order chi connectivity index (χ0) is 20.1. The molecule has 2 nitrogen and oxygen atoms in total. The largest absolute Gasteiger partial charge is 0.393 e. The minimum Gasteiger partial charge on any atom is -0.393 e. The maximum absolute atomic E-state index is 10.8.